The quantitative estimate of drug-likeness (QED) is 0.522. The number of aliphatic hydroxyl groups is 1. The van der Waals surface area contributed by atoms with Gasteiger partial charge in [0.15, 0.2) is 8.46 Å². The molecule has 1 N–H and O–H groups in total. The number of ether oxygens (including phenoxy) is 1. The molecule has 0 bridgehead atoms. The molecule has 0 aliphatic carbocycles. The van der Waals surface area contributed by atoms with Crippen LogP contribution in [0.25, 0.3) is 16.8 Å². The second-order valence-corrected chi connectivity index (χ2v) is 4.71. The number of esters is 1. The van der Waals surface area contributed by atoms with Gasteiger partial charge in [-0.3, -0.25) is 4.57 Å². The SMILES string of the molecule is O=PC(=Cc1cccc2ccccc12)C(=O)OCCO. The van der Waals surface area contributed by atoms with E-state index in [0.717, 1.165) is 16.3 Å². The van der Waals surface area contributed by atoms with Gasteiger partial charge in [-0.15, -0.1) is 0 Å². The smallest absolute Gasteiger partial charge is 0.346 e. The van der Waals surface area contributed by atoms with Crippen LogP contribution in [0, 0.1) is 0 Å². The lowest BCUT2D eigenvalue weighted by Gasteiger charge is -2.04. The summed E-state index contributed by atoms with van der Waals surface area (Å²) in [6.07, 6.45) is 1.54. The molecule has 5 heteroatoms. The summed E-state index contributed by atoms with van der Waals surface area (Å²) in [6.45, 7) is -0.371. The molecule has 20 heavy (non-hydrogen) atoms. The van der Waals surface area contributed by atoms with Gasteiger partial charge in [-0.1, -0.05) is 42.5 Å². The summed E-state index contributed by atoms with van der Waals surface area (Å²) in [5, 5.41) is 10.6. The highest BCUT2D eigenvalue weighted by molar-refractivity contribution is 7.32. The van der Waals surface area contributed by atoms with Crippen molar-refractivity contribution in [2.24, 2.45) is 0 Å². The Hall–Kier alpha value is -2.03. The van der Waals surface area contributed by atoms with Gasteiger partial charge in [0.25, 0.3) is 0 Å². The number of rotatable bonds is 5. The maximum Gasteiger partial charge on any atom is 0.346 e. The zero-order valence-corrected chi connectivity index (χ0v) is 11.5. The summed E-state index contributed by atoms with van der Waals surface area (Å²) in [5.74, 6) is -0.691. The molecule has 0 atom stereocenters. The molecule has 0 aliphatic rings. The molecule has 0 saturated carbocycles. The van der Waals surface area contributed by atoms with Gasteiger partial charge < -0.3 is 9.84 Å². The standard InChI is InChI=1S/C15H13O4P/c16-8-9-19-15(17)14(20-18)10-12-6-3-5-11-4-1-2-7-13(11)12/h1-7,10,16H,8-9H2. The largest absolute Gasteiger partial charge is 0.459 e. The number of fused-ring (bicyclic) bond motifs is 1. The lowest BCUT2D eigenvalue weighted by Crippen LogP contribution is -2.08. The molecule has 0 aromatic heterocycles. The second kappa shape index (κ2) is 6.94. The Morgan fingerprint density at radius 3 is 2.70 bits per heavy atom. The topological polar surface area (TPSA) is 63.6 Å². The molecule has 0 heterocycles. The first-order chi connectivity index (χ1) is 9.76. The van der Waals surface area contributed by atoms with Crippen LogP contribution in [0.3, 0.4) is 0 Å². The molecule has 2 rings (SSSR count). The first kappa shape index (κ1) is 14.4. The molecule has 4 nitrogen and oxygen atoms in total. The number of carbonyl (C=O) groups excluding carboxylic acids is 1. The van der Waals surface area contributed by atoms with Crippen molar-refractivity contribution in [3.05, 3.63) is 53.3 Å². The third kappa shape index (κ3) is 3.29. The first-order valence-electron chi connectivity index (χ1n) is 6.07. The minimum absolute atomic E-state index is 0.0230. The van der Waals surface area contributed by atoms with Crippen LogP contribution in [-0.2, 0) is 14.1 Å². The van der Waals surface area contributed by atoms with Crippen molar-refractivity contribution in [2.45, 2.75) is 0 Å². The van der Waals surface area contributed by atoms with Crippen molar-refractivity contribution in [1.82, 2.24) is 0 Å². The van der Waals surface area contributed by atoms with E-state index in [9.17, 15) is 9.36 Å². The lowest BCUT2D eigenvalue weighted by atomic mass is 10.0. The van der Waals surface area contributed by atoms with Gasteiger partial charge in [0, 0.05) is 0 Å². The van der Waals surface area contributed by atoms with Gasteiger partial charge >= 0.3 is 5.97 Å². The van der Waals surface area contributed by atoms with Crippen LogP contribution in [0.2, 0.25) is 0 Å². The van der Waals surface area contributed by atoms with Crippen molar-refractivity contribution in [3.63, 3.8) is 0 Å². The normalized spacial score (nSPS) is 11.8. The van der Waals surface area contributed by atoms with Crippen molar-refractivity contribution in [2.75, 3.05) is 13.2 Å². The van der Waals surface area contributed by atoms with Crippen molar-refractivity contribution < 1.29 is 19.2 Å². The Morgan fingerprint density at radius 2 is 1.95 bits per heavy atom. The predicted molar refractivity (Wildman–Crippen MR) is 77.6 cm³/mol. The molecular formula is C15H13O4P. The minimum atomic E-state index is -0.691. The Kier molecular flexibility index (Phi) is 4.99. The monoisotopic (exact) mass is 288 g/mol. The van der Waals surface area contributed by atoms with E-state index < -0.39 is 14.4 Å². The molecule has 0 fully saturated rings. The third-order valence-electron chi connectivity index (χ3n) is 2.75. The average molecular weight is 288 g/mol. The number of carbonyl (C=O) groups is 1. The van der Waals surface area contributed by atoms with Crippen LogP contribution in [0.4, 0.5) is 0 Å². The zero-order valence-electron chi connectivity index (χ0n) is 10.7. The number of hydrogen-bond acceptors (Lipinski definition) is 4. The predicted octanol–water partition coefficient (Wildman–Crippen LogP) is 3.01. The van der Waals surface area contributed by atoms with E-state index in [-0.39, 0.29) is 18.5 Å². The van der Waals surface area contributed by atoms with E-state index >= 15 is 0 Å². The van der Waals surface area contributed by atoms with E-state index in [2.05, 4.69) is 0 Å². The molecule has 2 aromatic carbocycles. The molecule has 0 aliphatic heterocycles. The van der Waals surface area contributed by atoms with Crippen LogP contribution in [0.5, 0.6) is 0 Å². The van der Waals surface area contributed by atoms with Crippen molar-refractivity contribution in [3.8, 4) is 0 Å². The summed E-state index contributed by atoms with van der Waals surface area (Å²) in [7, 11) is -0.411. The highest BCUT2D eigenvalue weighted by Gasteiger charge is 2.12. The summed E-state index contributed by atoms with van der Waals surface area (Å²) in [4.78, 5) is 11.7. The molecule has 0 radical (unpaired) electrons. The van der Waals surface area contributed by atoms with E-state index in [1.54, 1.807) is 0 Å². The zero-order chi connectivity index (χ0) is 14.4. The fourth-order valence-corrected chi connectivity index (χ4v) is 2.19. The second-order valence-electron chi connectivity index (χ2n) is 4.05. The molecule has 102 valence electrons. The Labute approximate surface area is 117 Å². The van der Waals surface area contributed by atoms with Gasteiger partial charge in [-0.05, 0) is 22.4 Å². The van der Waals surface area contributed by atoms with Crippen LogP contribution in [0.15, 0.2) is 47.8 Å². The van der Waals surface area contributed by atoms with Gasteiger partial charge in [-0.2, -0.15) is 0 Å². The fourth-order valence-electron chi connectivity index (χ4n) is 1.86. The Morgan fingerprint density at radius 1 is 1.20 bits per heavy atom. The molecule has 0 amide bonds. The highest BCUT2D eigenvalue weighted by Crippen LogP contribution is 2.24. The van der Waals surface area contributed by atoms with Crippen LogP contribution in [-0.4, -0.2) is 24.3 Å². The first-order valence-corrected chi connectivity index (χ1v) is 6.88. The van der Waals surface area contributed by atoms with Crippen molar-refractivity contribution >= 4 is 31.3 Å². The summed E-state index contributed by atoms with van der Waals surface area (Å²) in [5.41, 5.74) is 0.794. The van der Waals surface area contributed by atoms with Gasteiger partial charge in [0.1, 0.15) is 11.9 Å². The van der Waals surface area contributed by atoms with Gasteiger partial charge in [-0.25, -0.2) is 4.79 Å². The number of benzene rings is 2. The Bertz CT molecular complexity index is 658. The lowest BCUT2D eigenvalue weighted by molar-refractivity contribution is -0.139. The summed E-state index contributed by atoms with van der Waals surface area (Å²) >= 11 is 0. The minimum Gasteiger partial charge on any atom is -0.459 e. The van der Waals surface area contributed by atoms with Gasteiger partial charge in [0.05, 0.1) is 6.61 Å². The molecule has 2 aromatic rings. The third-order valence-corrected chi connectivity index (χ3v) is 3.26. The Balaban J connectivity index is 2.39. The molecule has 0 unspecified atom stereocenters. The fraction of sp³-hybridized carbons (Fsp3) is 0.133. The molecular weight excluding hydrogens is 275 g/mol. The van der Waals surface area contributed by atoms with Gasteiger partial charge in [0.2, 0.25) is 0 Å². The average Bonchev–Trinajstić information content (AvgIpc) is 2.50. The van der Waals surface area contributed by atoms with Crippen LogP contribution in [0.1, 0.15) is 5.56 Å². The van der Waals surface area contributed by atoms with E-state index in [1.165, 1.54) is 6.08 Å². The van der Waals surface area contributed by atoms with E-state index in [0.29, 0.717) is 0 Å². The summed E-state index contributed by atoms with van der Waals surface area (Å²) < 4.78 is 15.9. The highest BCUT2D eigenvalue weighted by atomic mass is 31.1. The number of hydrogen-bond donors (Lipinski definition) is 1. The van der Waals surface area contributed by atoms with Crippen molar-refractivity contribution in [1.29, 1.82) is 0 Å². The maximum absolute atomic E-state index is 11.7. The number of aliphatic hydroxyl groups excluding tert-OH is 1. The van der Waals surface area contributed by atoms with E-state index in [1.807, 2.05) is 42.5 Å². The van der Waals surface area contributed by atoms with E-state index in [4.69, 9.17) is 9.84 Å². The molecule has 0 spiro atoms. The maximum atomic E-state index is 11.7. The van der Waals surface area contributed by atoms with Crippen LogP contribution >= 0.6 is 8.46 Å². The molecule has 0 saturated heterocycles. The summed E-state index contributed by atoms with van der Waals surface area (Å²) in [6, 6.07) is 13.4. The van der Waals surface area contributed by atoms with Crippen LogP contribution < -0.4 is 0 Å².